The third-order valence-corrected chi connectivity index (χ3v) is 4.91. The number of hydrogen-bond donors (Lipinski definition) is 1. The van der Waals surface area contributed by atoms with E-state index in [2.05, 4.69) is 15.9 Å². The number of unbranched alkanes of at least 4 members (excludes halogenated alkanes) is 2. The summed E-state index contributed by atoms with van der Waals surface area (Å²) in [7, 11) is 0. The number of fused-ring (bicyclic) bond motifs is 1. The molecule has 2 aliphatic heterocycles. The normalized spacial score (nSPS) is 17.8. The molecule has 0 bridgehead atoms. The number of likely N-dealkylation sites (tertiary alicyclic amines) is 1. The predicted molar refractivity (Wildman–Crippen MR) is 98.9 cm³/mol. The van der Waals surface area contributed by atoms with Gasteiger partial charge in [0.2, 0.25) is 0 Å². The maximum absolute atomic E-state index is 5.83. The summed E-state index contributed by atoms with van der Waals surface area (Å²) in [6.07, 6.45) is 6.28. The molecule has 134 valence electrons. The van der Waals surface area contributed by atoms with Gasteiger partial charge in [-0.3, -0.25) is 0 Å². The van der Waals surface area contributed by atoms with E-state index in [0.717, 1.165) is 57.3 Å². The number of ether oxygens (including phenoxy) is 2. The molecule has 0 amide bonds. The molecule has 0 aromatic heterocycles. The minimum atomic E-state index is 0.746. The summed E-state index contributed by atoms with van der Waals surface area (Å²) in [5.41, 5.74) is 7.77. The Bertz CT molecular complexity index is 503. The summed E-state index contributed by atoms with van der Waals surface area (Å²) in [5.74, 6) is 0.923. The van der Waals surface area contributed by atoms with E-state index in [0.29, 0.717) is 0 Å². The molecule has 0 unspecified atom stereocenters. The maximum atomic E-state index is 5.83. The predicted octanol–water partition coefficient (Wildman–Crippen LogP) is 2.75. The van der Waals surface area contributed by atoms with Gasteiger partial charge in [-0.1, -0.05) is 0 Å². The van der Waals surface area contributed by atoms with Crippen LogP contribution in [0.5, 0.6) is 5.75 Å². The van der Waals surface area contributed by atoms with E-state index < -0.39 is 0 Å². The average Bonchev–Trinajstić information content (AvgIpc) is 3.10. The van der Waals surface area contributed by atoms with E-state index in [1.165, 1.54) is 44.5 Å². The van der Waals surface area contributed by atoms with Crippen LogP contribution in [0.2, 0.25) is 0 Å². The summed E-state index contributed by atoms with van der Waals surface area (Å²) in [5, 5.41) is 0. The van der Waals surface area contributed by atoms with Crippen molar-refractivity contribution >= 4 is 11.4 Å². The Hall–Kier alpha value is -1.46. The van der Waals surface area contributed by atoms with Gasteiger partial charge in [0.15, 0.2) is 0 Å². The molecule has 0 atom stereocenters. The summed E-state index contributed by atoms with van der Waals surface area (Å²) in [6.45, 7) is 8.19. The van der Waals surface area contributed by atoms with Crippen LogP contribution in [0.1, 0.15) is 32.1 Å². The quantitative estimate of drug-likeness (QED) is 0.556. The Balaban J connectivity index is 1.26. The van der Waals surface area contributed by atoms with Crippen molar-refractivity contribution in [3.8, 4) is 5.75 Å². The molecule has 2 heterocycles. The first-order chi connectivity index (χ1) is 11.8. The Morgan fingerprint density at radius 2 is 1.88 bits per heavy atom. The minimum absolute atomic E-state index is 0.746. The standard InChI is InChI=1S/C19H31N3O2/c20-17-6-7-18-19(16-17)24-15-12-22(18)10-2-1-5-13-23-14-11-21-8-3-4-9-21/h6-7,16H,1-5,8-15,20H2. The van der Waals surface area contributed by atoms with Gasteiger partial charge in [0, 0.05) is 31.5 Å². The lowest BCUT2D eigenvalue weighted by molar-refractivity contribution is 0.108. The van der Waals surface area contributed by atoms with E-state index >= 15 is 0 Å². The number of nitrogen functional groups attached to an aromatic ring is 1. The zero-order valence-corrected chi connectivity index (χ0v) is 14.7. The van der Waals surface area contributed by atoms with Crippen LogP contribution in [0, 0.1) is 0 Å². The second kappa shape index (κ2) is 9.14. The molecule has 2 aliphatic rings. The van der Waals surface area contributed by atoms with Crippen LogP contribution in [-0.4, -0.2) is 57.4 Å². The summed E-state index contributed by atoms with van der Waals surface area (Å²) >= 11 is 0. The van der Waals surface area contributed by atoms with Gasteiger partial charge in [0.05, 0.1) is 18.8 Å². The van der Waals surface area contributed by atoms with Gasteiger partial charge in [0.25, 0.3) is 0 Å². The van der Waals surface area contributed by atoms with Gasteiger partial charge in [-0.2, -0.15) is 0 Å². The maximum Gasteiger partial charge on any atom is 0.144 e. The first-order valence-corrected chi connectivity index (χ1v) is 9.40. The van der Waals surface area contributed by atoms with Gasteiger partial charge >= 0.3 is 0 Å². The topological polar surface area (TPSA) is 51.0 Å². The minimum Gasteiger partial charge on any atom is -0.489 e. The molecule has 0 radical (unpaired) electrons. The van der Waals surface area contributed by atoms with Gasteiger partial charge in [0.1, 0.15) is 12.4 Å². The molecule has 24 heavy (non-hydrogen) atoms. The average molecular weight is 333 g/mol. The first kappa shape index (κ1) is 17.4. The number of benzene rings is 1. The van der Waals surface area contributed by atoms with Crippen molar-refractivity contribution in [3.63, 3.8) is 0 Å². The molecule has 0 saturated carbocycles. The molecule has 1 fully saturated rings. The van der Waals surface area contributed by atoms with E-state index in [-0.39, 0.29) is 0 Å². The number of nitrogens with two attached hydrogens (primary N) is 1. The van der Waals surface area contributed by atoms with Crippen molar-refractivity contribution in [3.05, 3.63) is 18.2 Å². The highest BCUT2D eigenvalue weighted by Gasteiger charge is 2.17. The SMILES string of the molecule is Nc1ccc2c(c1)OCCN2CCCCCOCCN1CCCC1. The van der Waals surface area contributed by atoms with Crippen LogP contribution in [-0.2, 0) is 4.74 Å². The Morgan fingerprint density at radius 1 is 1.00 bits per heavy atom. The van der Waals surface area contributed by atoms with Crippen molar-refractivity contribution in [2.75, 3.05) is 63.2 Å². The van der Waals surface area contributed by atoms with Crippen molar-refractivity contribution < 1.29 is 9.47 Å². The second-order valence-electron chi connectivity index (χ2n) is 6.78. The van der Waals surface area contributed by atoms with Crippen molar-refractivity contribution in [1.82, 2.24) is 4.90 Å². The molecule has 0 aliphatic carbocycles. The number of hydrogen-bond acceptors (Lipinski definition) is 5. The van der Waals surface area contributed by atoms with E-state index in [4.69, 9.17) is 15.2 Å². The molecule has 1 saturated heterocycles. The third-order valence-electron chi connectivity index (χ3n) is 4.91. The highest BCUT2D eigenvalue weighted by molar-refractivity contribution is 5.64. The molecular formula is C19H31N3O2. The third kappa shape index (κ3) is 5.02. The zero-order valence-electron chi connectivity index (χ0n) is 14.7. The van der Waals surface area contributed by atoms with Crippen molar-refractivity contribution in [2.24, 2.45) is 0 Å². The molecule has 3 rings (SSSR count). The molecule has 1 aromatic carbocycles. The van der Waals surface area contributed by atoms with Crippen LogP contribution >= 0.6 is 0 Å². The lowest BCUT2D eigenvalue weighted by Crippen LogP contribution is -2.33. The smallest absolute Gasteiger partial charge is 0.144 e. The fourth-order valence-corrected chi connectivity index (χ4v) is 3.51. The number of anilines is 2. The molecule has 0 spiro atoms. The van der Waals surface area contributed by atoms with Crippen molar-refractivity contribution in [1.29, 1.82) is 0 Å². The zero-order chi connectivity index (χ0) is 16.6. The molecule has 2 N–H and O–H groups in total. The number of nitrogens with zero attached hydrogens (tertiary/aromatic N) is 2. The van der Waals surface area contributed by atoms with E-state index in [1.807, 2.05) is 12.1 Å². The number of rotatable bonds is 9. The Labute approximate surface area is 145 Å². The van der Waals surface area contributed by atoms with Gasteiger partial charge in [-0.15, -0.1) is 0 Å². The first-order valence-electron chi connectivity index (χ1n) is 9.40. The molecule has 5 nitrogen and oxygen atoms in total. The highest BCUT2D eigenvalue weighted by atomic mass is 16.5. The molecule has 1 aromatic rings. The van der Waals surface area contributed by atoms with Crippen LogP contribution < -0.4 is 15.4 Å². The van der Waals surface area contributed by atoms with Crippen molar-refractivity contribution in [2.45, 2.75) is 32.1 Å². The van der Waals surface area contributed by atoms with Gasteiger partial charge < -0.3 is 25.0 Å². The van der Waals surface area contributed by atoms with E-state index in [9.17, 15) is 0 Å². The van der Waals surface area contributed by atoms with Crippen LogP contribution in [0.15, 0.2) is 18.2 Å². The lowest BCUT2D eigenvalue weighted by Gasteiger charge is -2.31. The van der Waals surface area contributed by atoms with Gasteiger partial charge in [-0.05, 0) is 57.3 Å². The van der Waals surface area contributed by atoms with Gasteiger partial charge in [-0.25, -0.2) is 0 Å². The van der Waals surface area contributed by atoms with Crippen LogP contribution in [0.3, 0.4) is 0 Å². The van der Waals surface area contributed by atoms with Crippen LogP contribution in [0.4, 0.5) is 11.4 Å². The molecule has 5 heteroatoms. The largest absolute Gasteiger partial charge is 0.489 e. The summed E-state index contributed by atoms with van der Waals surface area (Å²) in [4.78, 5) is 4.91. The summed E-state index contributed by atoms with van der Waals surface area (Å²) < 4.78 is 11.5. The Kier molecular flexibility index (Phi) is 6.61. The molecular weight excluding hydrogens is 302 g/mol. The summed E-state index contributed by atoms with van der Waals surface area (Å²) in [6, 6.07) is 5.95. The lowest BCUT2D eigenvalue weighted by atomic mass is 10.2. The van der Waals surface area contributed by atoms with Crippen LogP contribution in [0.25, 0.3) is 0 Å². The Morgan fingerprint density at radius 3 is 2.75 bits per heavy atom. The fraction of sp³-hybridized carbons (Fsp3) is 0.684. The fourth-order valence-electron chi connectivity index (χ4n) is 3.51. The highest BCUT2D eigenvalue weighted by Crippen LogP contribution is 2.33. The van der Waals surface area contributed by atoms with E-state index in [1.54, 1.807) is 0 Å². The monoisotopic (exact) mass is 333 g/mol. The second-order valence-corrected chi connectivity index (χ2v) is 6.78.